The lowest BCUT2D eigenvalue weighted by atomic mass is 10.0. The Hall–Kier alpha value is -1.79. The minimum atomic E-state index is -1.22. The summed E-state index contributed by atoms with van der Waals surface area (Å²) in [4.78, 5) is 35.2. The molecule has 0 saturated carbocycles. The summed E-state index contributed by atoms with van der Waals surface area (Å²) in [5, 5.41) is 20.0. The van der Waals surface area contributed by atoms with E-state index in [2.05, 4.69) is 5.32 Å². The second kappa shape index (κ2) is 10.0. The van der Waals surface area contributed by atoms with Crippen molar-refractivity contribution in [3.8, 4) is 0 Å². The number of aliphatic carboxylic acids is 2. The molecule has 0 rings (SSSR count). The second-order valence-electron chi connectivity index (χ2n) is 4.99. The molecular weight excluding hydrogens is 276 g/mol. The average molecular weight is 302 g/mol. The number of nitrogens with zero attached hydrogens (tertiary/aromatic N) is 1. The molecule has 7 nitrogen and oxygen atoms in total. The van der Waals surface area contributed by atoms with E-state index in [0.29, 0.717) is 19.0 Å². The summed E-state index contributed by atoms with van der Waals surface area (Å²) in [6.45, 7) is 6.98. The highest BCUT2D eigenvalue weighted by atomic mass is 16.4. The van der Waals surface area contributed by atoms with Gasteiger partial charge in [0, 0.05) is 19.5 Å². The zero-order chi connectivity index (χ0) is 16.4. The zero-order valence-electron chi connectivity index (χ0n) is 13.0. The summed E-state index contributed by atoms with van der Waals surface area (Å²) in [6, 6.07) is -1.63. The Balaban J connectivity index is 4.62. The van der Waals surface area contributed by atoms with Crippen molar-refractivity contribution in [1.29, 1.82) is 0 Å². The molecule has 0 unspecified atom stereocenters. The van der Waals surface area contributed by atoms with E-state index in [1.165, 1.54) is 0 Å². The molecule has 2 amide bonds. The van der Waals surface area contributed by atoms with Gasteiger partial charge in [-0.3, -0.25) is 4.79 Å². The molecule has 122 valence electrons. The van der Waals surface area contributed by atoms with Crippen LogP contribution in [0.3, 0.4) is 0 Å². The number of hydrogen-bond donors (Lipinski definition) is 3. The molecule has 0 fully saturated rings. The summed E-state index contributed by atoms with van der Waals surface area (Å²) in [6.07, 6.45) is 1.47. The van der Waals surface area contributed by atoms with Crippen LogP contribution in [0.4, 0.5) is 4.79 Å². The number of rotatable bonds is 10. The Bertz CT molecular complexity index is 355. The van der Waals surface area contributed by atoms with Crippen LogP contribution < -0.4 is 5.32 Å². The van der Waals surface area contributed by atoms with E-state index in [-0.39, 0.29) is 12.8 Å². The molecule has 0 bridgehead atoms. The maximum absolute atomic E-state index is 12.1. The van der Waals surface area contributed by atoms with Gasteiger partial charge in [-0.05, 0) is 19.3 Å². The van der Waals surface area contributed by atoms with Crippen LogP contribution in [0.2, 0.25) is 0 Å². The Morgan fingerprint density at radius 3 is 2.05 bits per heavy atom. The first-order chi connectivity index (χ1) is 9.85. The first-order valence-electron chi connectivity index (χ1n) is 7.35. The number of carboxylic acid groups (broad SMARTS) is 2. The van der Waals surface area contributed by atoms with Crippen LogP contribution in [-0.4, -0.2) is 52.2 Å². The lowest BCUT2D eigenvalue weighted by Crippen LogP contribution is -2.49. The predicted octanol–water partition coefficient (Wildman–Crippen LogP) is 1.77. The number of urea groups is 1. The van der Waals surface area contributed by atoms with Crippen LogP contribution >= 0.6 is 0 Å². The first kappa shape index (κ1) is 19.2. The van der Waals surface area contributed by atoms with Crippen LogP contribution in [0.5, 0.6) is 0 Å². The van der Waals surface area contributed by atoms with Crippen LogP contribution in [0, 0.1) is 5.92 Å². The Morgan fingerprint density at radius 1 is 1.10 bits per heavy atom. The largest absolute Gasteiger partial charge is 0.481 e. The molecule has 7 heteroatoms. The SMILES string of the molecule is CCC(CC)CN(CC)C(=O)N[C@@H](CCC(=O)O)C(=O)O. The van der Waals surface area contributed by atoms with Crippen molar-refractivity contribution >= 4 is 18.0 Å². The van der Waals surface area contributed by atoms with Gasteiger partial charge < -0.3 is 20.4 Å². The van der Waals surface area contributed by atoms with Crippen molar-refractivity contribution in [3.63, 3.8) is 0 Å². The second-order valence-corrected chi connectivity index (χ2v) is 4.99. The molecule has 0 saturated heterocycles. The van der Waals surface area contributed by atoms with E-state index in [1.54, 1.807) is 4.90 Å². The molecule has 0 spiro atoms. The number of nitrogens with one attached hydrogen (secondary N) is 1. The summed E-state index contributed by atoms with van der Waals surface area (Å²) in [5.41, 5.74) is 0. The smallest absolute Gasteiger partial charge is 0.326 e. The van der Waals surface area contributed by atoms with E-state index in [0.717, 1.165) is 12.8 Å². The Kier molecular flexibility index (Phi) is 9.16. The molecule has 0 aromatic carbocycles. The highest BCUT2D eigenvalue weighted by Crippen LogP contribution is 2.10. The highest BCUT2D eigenvalue weighted by molar-refractivity contribution is 5.83. The number of carbonyl (C=O) groups excluding carboxylic acids is 1. The molecule has 0 radical (unpaired) electrons. The van der Waals surface area contributed by atoms with Crippen LogP contribution in [0.1, 0.15) is 46.5 Å². The van der Waals surface area contributed by atoms with Gasteiger partial charge in [0.05, 0.1) is 0 Å². The third kappa shape index (κ3) is 7.53. The van der Waals surface area contributed by atoms with Gasteiger partial charge in [0.15, 0.2) is 0 Å². The van der Waals surface area contributed by atoms with Crippen molar-refractivity contribution in [1.82, 2.24) is 10.2 Å². The normalized spacial score (nSPS) is 12.0. The molecule has 1 atom stereocenters. The average Bonchev–Trinajstić information content (AvgIpc) is 2.44. The quantitative estimate of drug-likeness (QED) is 0.570. The lowest BCUT2D eigenvalue weighted by Gasteiger charge is -2.27. The molecule has 0 aromatic rings. The number of hydrogen-bond acceptors (Lipinski definition) is 3. The van der Waals surface area contributed by atoms with Crippen LogP contribution in [0.15, 0.2) is 0 Å². The highest BCUT2D eigenvalue weighted by Gasteiger charge is 2.24. The van der Waals surface area contributed by atoms with Crippen molar-refractivity contribution in [3.05, 3.63) is 0 Å². The van der Waals surface area contributed by atoms with Crippen LogP contribution in [-0.2, 0) is 9.59 Å². The first-order valence-corrected chi connectivity index (χ1v) is 7.35. The van der Waals surface area contributed by atoms with Crippen LogP contribution in [0.25, 0.3) is 0 Å². The Labute approximate surface area is 125 Å². The van der Waals surface area contributed by atoms with E-state index >= 15 is 0 Å². The van der Waals surface area contributed by atoms with E-state index in [4.69, 9.17) is 10.2 Å². The number of amides is 2. The standard InChI is InChI=1S/C14H26N2O5/c1-4-10(5-2)9-16(6-3)14(21)15-11(13(19)20)7-8-12(17)18/h10-11H,4-9H2,1-3H3,(H,15,21)(H,17,18)(H,19,20)/t11-/m0/s1. The maximum Gasteiger partial charge on any atom is 0.326 e. The molecule has 3 N–H and O–H groups in total. The van der Waals surface area contributed by atoms with Crippen molar-refractivity contribution in [2.45, 2.75) is 52.5 Å². The molecule has 0 aromatic heterocycles. The van der Waals surface area contributed by atoms with Crippen molar-refractivity contribution < 1.29 is 24.6 Å². The summed E-state index contributed by atoms with van der Waals surface area (Å²) >= 11 is 0. The van der Waals surface area contributed by atoms with Gasteiger partial charge in [0.2, 0.25) is 0 Å². The Morgan fingerprint density at radius 2 is 1.67 bits per heavy atom. The van der Waals surface area contributed by atoms with Crippen molar-refractivity contribution in [2.24, 2.45) is 5.92 Å². The van der Waals surface area contributed by atoms with Gasteiger partial charge in [-0.2, -0.15) is 0 Å². The van der Waals surface area contributed by atoms with E-state index in [1.807, 2.05) is 20.8 Å². The fourth-order valence-corrected chi connectivity index (χ4v) is 1.98. The molecule has 0 aliphatic rings. The lowest BCUT2D eigenvalue weighted by molar-refractivity contribution is -0.140. The third-order valence-corrected chi connectivity index (χ3v) is 3.54. The fourth-order valence-electron chi connectivity index (χ4n) is 1.98. The number of carbonyl (C=O) groups is 3. The minimum Gasteiger partial charge on any atom is -0.481 e. The van der Waals surface area contributed by atoms with E-state index < -0.39 is 24.0 Å². The summed E-state index contributed by atoms with van der Waals surface area (Å²) < 4.78 is 0. The van der Waals surface area contributed by atoms with Gasteiger partial charge in [-0.15, -0.1) is 0 Å². The van der Waals surface area contributed by atoms with Gasteiger partial charge in [-0.1, -0.05) is 26.7 Å². The molecule has 21 heavy (non-hydrogen) atoms. The monoisotopic (exact) mass is 302 g/mol. The topological polar surface area (TPSA) is 107 Å². The number of carboxylic acids is 2. The van der Waals surface area contributed by atoms with Gasteiger partial charge in [0.1, 0.15) is 6.04 Å². The predicted molar refractivity (Wildman–Crippen MR) is 78.1 cm³/mol. The van der Waals surface area contributed by atoms with E-state index in [9.17, 15) is 14.4 Å². The van der Waals surface area contributed by atoms with Gasteiger partial charge in [-0.25, -0.2) is 9.59 Å². The van der Waals surface area contributed by atoms with Gasteiger partial charge in [0.25, 0.3) is 0 Å². The third-order valence-electron chi connectivity index (χ3n) is 3.54. The zero-order valence-corrected chi connectivity index (χ0v) is 13.0. The maximum atomic E-state index is 12.1. The summed E-state index contributed by atoms with van der Waals surface area (Å²) in [5.74, 6) is -1.93. The summed E-state index contributed by atoms with van der Waals surface area (Å²) in [7, 11) is 0. The fraction of sp³-hybridized carbons (Fsp3) is 0.786. The molecule has 0 aliphatic heterocycles. The molecule has 0 heterocycles. The van der Waals surface area contributed by atoms with Crippen molar-refractivity contribution in [2.75, 3.05) is 13.1 Å². The molecular formula is C14H26N2O5. The van der Waals surface area contributed by atoms with Gasteiger partial charge >= 0.3 is 18.0 Å². The molecule has 0 aliphatic carbocycles. The minimum absolute atomic E-state index is 0.126.